The summed E-state index contributed by atoms with van der Waals surface area (Å²) in [5.41, 5.74) is 1.32. The van der Waals surface area contributed by atoms with Crippen LogP contribution in [0.25, 0.3) is 0 Å². The minimum absolute atomic E-state index is 0.139. The molecule has 1 atom stereocenters. The van der Waals surface area contributed by atoms with Gasteiger partial charge >= 0.3 is 5.69 Å². The van der Waals surface area contributed by atoms with Crippen LogP contribution in [-0.4, -0.2) is 57.0 Å². The zero-order valence-electron chi connectivity index (χ0n) is 14.3. The van der Waals surface area contributed by atoms with Gasteiger partial charge in [-0.15, -0.1) is 0 Å². The fourth-order valence-electron chi connectivity index (χ4n) is 3.53. The van der Waals surface area contributed by atoms with Crippen LogP contribution in [-0.2, 0) is 11.3 Å². The number of carbonyl (C=O) groups is 1. The van der Waals surface area contributed by atoms with Crippen molar-refractivity contribution in [3.05, 3.63) is 27.9 Å². The quantitative estimate of drug-likeness (QED) is 0.829. The van der Waals surface area contributed by atoms with Crippen LogP contribution in [0.3, 0.4) is 0 Å². The van der Waals surface area contributed by atoms with Gasteiger partial charge in [0.15, 0.2) is 0 Å². The second kappa shape index (κ2) is 6.43. The Morgan fingerprint density at radius 3 is 2.65 bits per heavy atom. The van der Waals surface area contributed by atoms with Gasteiger partial charge in [0, 0.05) is 56.1 Å². The van der Waals surface area contributed by atoms with Crippen molar-refractivity contribution in [2.75, 3.05) is 19.6 Å². The molecule has 3 rings (SSSR count). The average molecular weight is 318 g/mol. The molecule has 0 spiro atoms. The highest BCUT2D eigenvalue weighted by atomic mass is 16.2. The lowest BCUT2D eigenvalue weighted by molar-refractivity contribution is -0.136. The number of carbonyl (C=O) groups excluding carboxylic acids is 1. The molecule has 126 valence electrons. The Bertz CT molecular complexity index is 650. The van der Waals surface area contributed by atoms with E-state index in [1.54, 1.807) is 4.57 Å². The van der Waals surface area contributed by atoms with Crippen LogP contribution in [0.5, 0.6) is 0 Å². The van der Waals surface area contributed by atoms with E-state index in [1.165, 1.54) is 12.8 Å². The van der Waals surface area contributed by atoms with E-state index in [0.717, 1.165) is 37.1 Å². The van der Waals surface area contributed by atoms with Crippen molar-refractivity contribution in [2.24, 2.45) is 0 Å². The van der Waals surface area contributed by atoms with E-state index in [9.17, 15) is 9.59 Å². The monoisotopic (exact) mass is 318 g/mol. The molecule has 1 unspecified atom stereocenters. The van der Waals surface area contributed by atoms with Gasteiger partial charge in [-0.1, -0.05) is 0 Å². The third-order valence-corrected chi connectivity index (χ3v) is 4.94. The summed E-state index contributed by atoms with van der Waals surface area (Å²) in [4.78, 5) is 32.9. The van der Waals surface area contributed by atoms with Crippen LogP contribution in [0, 0.1) is 13.8 Å². The lowest BCUT2D eigenvalue weighted by Crippen LogP contribution is -2.54. The van der Waals surface area contributed by atoms with Gasteiger partial charge in [-0.05, 0) is 39.7 Å². The van der Waals surface area contributed by atoms with Gasteiger partial charge in [-0.2, -0.15) is 4.98 Å². The lowest BCUT2D eigenvalue weighted by Gasteiger charge is -2.40. The molecule has 0 bridgehead atoms. The SMILES string of the molecule is Cc1cc(C)n(CCC(=O)N2CCN(C3CC3)CC2C)c(=O)n1. The second-order valence-corrected chi connectivity index (χ2v) is 6.89. The van der Waals surface area contributed by atoms with Crippen molar-refractivity contribution in [2.45, 2.75) is 58.7 Å². The Kier molecular flexibility index (Phi) is 4.53. The summed E-state index contributed by atoms with van der Waals surface area (Å²) in [6.45, 7) is 8.98. The van der Waals surface area contributed by atoms with Gasteiger partial charge in [0.2, 0.25) is 5.91 Å². The Labute approximate surface area is 137 Å². The molecule has 1 aromatic heterocycles. The van der Waals surface area contributed by atoms with Crippen molar-refractivity contribution < 1.29 is 4.79 Å². The van der Waals surface area contributed by atoms with E-state index in [4.69, 9.17) is 0 Å². The maximum Gasteiger partial charge on any atom is 0.347 e. The zero-order chi connectivity index (χ0) is 16.6. The summed E-state index contributed by atoms with van der Waals surface area (Å²) in [6, 6.07) is 2.89. The maximum absolute atomic E-state index is 12.5. The third-order valence-electron chi connectivity index (χ3n) is 4.94. The molecule has 1 saturated heterocycles. The van der Waals surface area contributed by atoms with E-state index in [-0.39, 0.29) is 17.6 Å². The fraction of sp³-hybridized carbons (Fsp3) is 0.706. The summed E-state index contributed by atoms with van der Waals surface area (Å²) in [6.07, 6.45) is 2.98. The first-order chi connectivity index (χ1) is 11.0. The molecule has 2 fully saturated rings. The van der Waals surface area contributed by atoms with Crippen LogP contribution in [0.2, 0.25) is 0 Å². The number of amides is 1. The number of nitrogens with zero attached hydrogens (tertiary/aromatic N) is 4. The minimum Gasteiger partial charge on any atom is -0.337 e. The van der Waals surface area contributed by atoms with E-state index in [1.807, 2.05) is 24.8 Å². The number of hydrogen-bond donors (Lipinski definition) is 0. The summed E-state index contributed by atoms with van der Waals surface area (Å²) in [5, 5.41) is 0. The first-order valence-corrected chi connectivity index (χ1v) is 8.54. The molecule has 0 radical (unpaired) electrons. The van der Waals surface area contributed by atoms with Gasteiger partial charge in [-0.3, -0.25) is 14.3 Å². The highest BCUT2D eigenvalue weighted by Gasteiger charge is 2.35. The van der Waals surface area contributed by atoms with Crippen molar-refractivity contribution in [1.29, 1.82) is 0 Å². The Morgan fingerprint density at radius 1 is 1.30 bits per heavy atom. The molecular formula is C17H26N4O2. The molecule has 0 aromatic carbocycles. The molecule has 6 nitrogen and oxygen atoms in total. The molecule has 1 amide bonds. The first-order valence-electron chi connectivity index (χ1n) is 8.54. The van der Waals surface area contributed by atoms with Crippen LogP contribution in [0.15, 0.2) is 10.9 Å². The van der Waals surface area contributed by atoms with E-state index < -0.39 is 0 Å². The molecule has 6 heteroatoms. The second-order valence-electron chi connectivity index (χ2n) is 6.89. The van der Waals surface area contributed by atoms with Crippen molar-refractivity contribution in [1.82, 2.24) is 19.4 Å². The summed E-state index contributed by atoms with van der Waals surface area (Å²) >= 11 is 0. The van der Waals surface area contributed by atoms with Gasteiger partial charge in [-0.25, -0.2) is 4.79 Å². The highest BCUT2D eigenvalue weighted by Crippen LogP contribution is 2.28. The van der Waals surface area contributed by atoms with Crippen LogP contribution < -0.4 is 5.69 Å². The van der Waals surface area contributed by atoms with Gasteiger partial charge in [0.25, 0.3) is 0 Å². The maximum atomic E-state index is 12.5. The van der Waals surface area contributed by atoms with E-state index in [2.05, 4.69) is 16.8 Å². The predicted octanol–water partition coefficient (Wildman–Crippen LogP) is 0.945. The number of hydrogen-bond acceptors (Lipinski definition) is 4. The van der Waals surface area contributed by atoms with E-state index >= 15 is 0 Å². The largest absolute Gasteiger partial charge is 0.347 e. The van der Waals surface area contributed by atoms with Gasteiger partial charge in [0.1, 0.15) is 0 Å². The highest BCUT2D eigenvalue weighted by molar-refractivity contribution is 5.76. The molecule has 2 aliphatic rings. The Balaban J connectivity index is 1.58. The molecule has 1 aliphatic carbocycles. The fourth-order valence-corrected chi connectivity index (χ4v) is 3.53. The molecule has 1 saturated carbocycles. The van der Waals surface area contributed by atoms with Crippen molar-refractivity contribution in [3.8, 4) is 0 Å². The first kappa shape index (κ1) is 16.2. The summed E-state index contributed by atoms with van der Waals surface area (Å²) in [5.74, 6) is 0.139. The normalized spacial score (nSPS) is 22.4. The minimum atomic E-state index is -0.262. The molecule has 23 heavy (non-hydrogen) atoms. The molecule has 1 aromatic rings. The standard InChI is InChI=1S/C17H26N4O2/c1-12-10-13(2)21(17(23)18-12)7-6-16(22)20-9-8-19(11-14(20)3)15-4-5-15/h10,14-15H,4-9,11H2,1-3H3. The van der Waals surface area contributed by atoms with Crippen LogP contribution in [0.4, 0.5) is 0 Å². The molecular weight excluding hydrogens is 292 g/mol. The van der Waals surface area contributed by atoms with Gasteiger partial charge < -0.3 is 4.90 Å². The van der Waals surface area contributed by atoms with E-state index in [0.29, 0.717) is 13.0 Å². The summed E-state index contributed by atoms with van der Waals surface area (Å²) in [7, 11) is 0. The number of rotatable bonds is 4. The van der Waals surface area contributed by atoms with Crippen LogP contribution >= 0.6 is 0 Å². The van der Waals surface area contributed by atoms with Gasteiger partial charge in [0.05, 0.1) is 0 Å². The zero-order valence-corrected chi connectivity index (χ0v) is 14.3. The average Bonchev–Trinajstić information content (AvgIpc) is 3.30. The third kappa shape index (κ3) is 3.63. The van der Waals surface area contributed by atoms with Crippen LogP contribution in [0.1, 0.15) is 37.6 Å². The number of aryl methyl sites for hydroxylation is 2. The summed E-state index contributed by atoms with van der Waals surface area (Å²) < 4.78 is 1.59. The lowest BCUT2D eigenvalue weighted by atomic mass is 10.1. The number of aromatic nitrogens is 2. The van der Waals surface area contributed by atoms with Crippen molar-refractivity contribution >= 4 is 5.91 Å². The Hall–Kier alpha value is -1.69. The predicted molar refractivity (Wildman–Crippen MR) is 88.4 cm³/mol. The molecule has 1 aliphatic heterocycles. The molecule has 0 N–H and O–H groups in total. The molecule has 2 heterocycles. The topological polar surface area (TPSA) is 58.4 Å². The van der Waals surface area contributed by atoms with Crippen molar-refractivity contribution in [3.63, 3.8) is 0 Å². The number of piperazine rings is 1. The Morgan fingerprint density at radius 2 is 2.04 bits per heavy atom. The smallest absolute Gasteiger partial charge is 0.337 e.